The van der Waals surface area contributed by atoms with Crippen molar-refractivity contribution < 1.29 is 18.9 Å². The van der Waals surface area contributed by atoms with E-state index in [2.05, 4.69) is 11.1 Å². The van der Waals surface area contributed by atoms with Gasteiger partial charge in [-0.15, -0.1) is 0 Å². The molecule has 1 aromatic heterocycles. The molecule has 0 amide bonds. The third-order valence-corrected chi connectivity index (χ3v) is 4.50. The van der Waals surface area contributed by atoms with E-state index in [4.69, 9.17) is 24.7 Å². The molecule has 0 radical (unpaired) electrons. The van der Waals surface area contributed by atoms with Gasteiger partial charge in [0.2, 0.25) is 0 Å². The van der Waals surface area contributed by atoms with E-state index in [1.165, 1.54) is 0 Å². The molecule has 7 nitrogen and oxygen atoms in total. The first kappa shape index (κ1) is 19.8. The predicted molar refractivity (Wildman–Crippen MR) is 110 cm³/mol. The summed E-state index contributed by atoms with van der Waals surface area (Å²) in [6.45, 7) is 0. The summed E-state index contributed by atoms with van der Waals surface area (Å²) >= 11 is 0. The fourth-order valence-corrected chi connectivity index (χ4v) is 3.02. The zero-order valence-electron chi connectivity index (χ0n) is 16.6. The van der Waals surface area contributed by atoms with Crippen molar-refractivity contribution in [1.29, 1.82) is 5.26 Å². The number of nitrogens with two attached hydrogens (primary N) is 1. The SMILES string of the molecule is COc1cc(OC)cc(-c2cc(-c3ccc(OC)c(OC)c3)nc(N)c2C#N)c1. The Bertz CT molecular complexity index is 1070. The summed E-state index contributed by atoms with van der Waals surface area (Å²) < 4.78 is 21.4. The van der Waals surface area contributed by atoms with Gasteiger partial charge in [0, 0.05) is 17.2 Å². The predicted octanol–water partition coefficient (Wildman–Crippen LogP) is 3.90. The van der Waals surface area contributed by atoms with Crippen LogP contribution in [0.4, 0.5) is 5.82 Å². The lowest BCUT2D eigenvalue weighted by atomic mass is 9.98. The molecule has 0 unspecified atom stereocenters. The number of aromatic nitrogens is 1. The highest BCUT2D eigenvalue weighted by Gasteiger charge is 2.16. The van der Waals surface area contributed by atoms with E-state index < -0.39 is 0 Å². The monoisotopic (exact) mass is 391 g/mol. The Hall–Kier alpha value is -3.92. The Morgan fingerprint density at radius 3 is 2.00 bits per heavy atom. The maximum absolute atomic E-state index is 9.66. The topological polar surface area (TPSA) is 99.6 Å². The second-order valence-electron chi connectivity index (χ2n) is 6.10. The van der Waals surface area contributed by atoms with Crippen LogP contribution in [0.15, 0.2) is 42.5 Å². The van der Waals surface area contributed by atoms with Crippen LogP contribution in [0.25, 0.3) is 22.4 Å². The van der Waals surface area contributed by atoms with Gasteiger partial charge in [-0.05, 0) is 42.0 Å². The van der Waals surface area contributed by atoms with Crippen LogP contribution in [0.3, 0.4) is 0 Å². The first-order chi connectivity index (χ1) is 14.0. The number of nitrogen functional groups attached to an aromatic ring is 1. The Morgan fingerprint density at radius 1 is 0.793 bits per heavy atom. The summed E-state index contributed by atoms with van der Waals surface area (Å²) in [6.07, 6.45) is 0. The Balaban J connectivity index is 2.22. The summed E-state index contributed by atoms with van der Waals surface area (Å²) in [5.41, 5.74) is 9.13. The van der Waals surface area contributed by atoms with Gasteiger partial charge in [-0.3, -0.25) is 0 Å². The molecule has 0 spiro atoms. The zero-order chi connectivity index (χ0) is 21.0. The molecule has 0 fully saturated rings. The molecule has 148 valence electrons. The number of rotatable bonds is 6. The minimum atomic E-state index is 0.136. The molecule has 0 saturated carbocycles. The van der Waals surface area contributed by atoms with Crippen LogP contribution in [-0.2, 0) is 0 Å². The molecular formula is C22H21N3O4. The molecule has 7 heteroatoms. The largest absolute Gasteiger partial charge is 0.497 e. The minimum absolute atomic E-state index is 0.136. The van der Waals surface area contributed by atoms with E-state index >= 15 is 0 Å². The van der Waals surface area contributed by atoms with Gasteiger partial charge in [-0.25, -0.2) is 4.98 Å². The highest BCUT2D eigenvalue weighted by atomic mass is 16.5. The minimum Gasteiger partial charge on any atom is -0.497 e. The smallest absolute Gasteiger partial charge is 0.161 e. The third kappa shape index (κ3) is 3.87. The van der Waals surface area contributed by atoms with Crippen molar-refractivity contribution in [3.63, 3.8) is 0 Å². The highest BCUT2D eigenvalue weighted by Crippen LogP contribution is 2.37. The molecule has 2 aromatic carbocycles. The van der Waals surface area contributed by atoms with E-state index in [1.807, 2.05) is 30.3 Å². The van der Waals surface area contributed by atoms with Gasteiger partial charge in [0.1, 0.15) is 28.9 Å². The number of nitriles is 1. The fourth-order valence-electron chi connectivity index (χ4n) is 3.02. The van der Waals surface area contributed by atoms with Gasteiger partial charge in [0.05, 0.1) is 34.1 Å². The van der Waals surface area contributed by atoms with Gasteiger partial charge in [0.25, 0.3) is 0 Å². The molecular weight excluding hydrogens is 370 g/mol. The quantitative estimate of drug-likeness (QED) is 0.680. The first-order valence-corrected chi connectivity index (χ1v) is 8.71. The standard InChI is InChI=1S/C22H21N3O4/c1-26-15-7-14(8-16(10-15)27-2)17-11-19(25-22(24)18(17)12-23)13-5-6-20(28-3)21(9-13)29-4/h5-11H,1-4H3,(H2,24,25). The van der Waals surface area contributed by atoms with Crippen molar-refractivity contribution in [1.82, 2.24) is 4.98 Å². The molecule has 1 heterocycles. The van der Waals surface area contributed by atoms with Crippen LogP contribution in [0.2, 0.25) is 0 Å². The summed E-state index contributed by atoms with van der Waals surface area (Å²) in [7, 11) is 6.28. The van der Waals surface area contributed by atoms with Crippen LogP contribution in [0.1, 0.15) is 5.56 Å². The molecule has 0 atom stereocenters. The maximum Gasteiger partial charge on any atom is 0.161 e. The highest BCUT2D eigenvalue weighted by molar-refractivity contribution is 5.81. The molecule has 2 N–H and O–H groups in total. The molecule has 3 aromatic rings. The van der Waals surface area contributed by atoms with Crippen molar-refractivity contribution in [3.8, 4) is 51.5 Å². The lowest BCUT2D eigenvalue weighted by Gasteiger charge is -2.14. The van der Waals surface area contributed by atoms with Crippen LogP contribution >= 0.6 is 0 Å². The normalized spacial score (nSPS) is 10.2. The second-order valence-corrected chi connectivity index (χ2v) is 6.10. The molecule has 0 bridgehead atoms. The number of hydrogen-bond acceptors (Lipinski definition) is 7. The van der Waals surface area contributed by atoms with Crippen LogP contribution < -0.4 is 24.7 Å². The Morgan fingerprint density at radius 2 is 1.45 bits per heavy atom. The van der Waals surface area contributed by atoms with Crippen molar-refractivity contribution >= 4 is 5.82 Å². The van der Waals surface area contributed by atoms with Crippen molar-refractivity contribution in [2.75, 3.05) is 34.2 Å². The van der Waals surface area contributed by atoms with E-state index in [0.717, 1.165) is 11.1 Å². The van der Waals surface area contributed by atoms with Crippen molar-refractivity contribution in [2.24, 2.45) is 0 Å². The number of benzene rings is 2. The lowest BCUT2D eigenvalue weighted by molar-refractivity contribution is 0.355. The van der Waals surface area contributed by atoms with E-state index in [9.17, 15) is 5.26 Å². The van der Waals surface area contributed by atoms with Gasteiger partial charge in [-0.1, -0.05) is 0 Å². The van der Waals surface area contributed by atoms with Gasteiger partial charge in [-0.2, -0.15) is 5.26 Å². The van der Waals surface area contributed by atoms with E-state index in [-0.39, 0.29) is 11.4 Å². The number of hydrogen-bond donors (Lipinski definition) is 1. The number of nitrogens with zero attached hydrogens (tertiary/aromatic N) is 2. The van der Waals surface area contributed by atoms with Crippen LogP contribution in [0.5, 0.6) is 23.0 Å². The Labute approximate surface area is 169 Å². The van der Waals surface area contributed by atoms with Crippen molar-refractivity contribution in [3.05, 3.63) is 48.0 Å². The zero-order valence-corrected chi connectivity index (χ0v) is 16.6. The van der Waals surface area contributed by atoms with E-state index in [0.29, 0.717) is 34.3 Å². The third-order valence-electron chi connectivity index (χ3n) is 4.50. The summed E-state index contributed by atoms with van der Waals surface area (Å²) in [4.78, 5) is 4.41. The van der Waals surface area contributed by atoms with Crippen LogP contribution in [0, 0.1) is 11.3 Å². The molecule has 3 rings (SSSR count). The average molecular weight is 391 g/mol. The van der Waals surface area contributed by atoms with E-state index in [1.54, 1.807) is 40.6 Å². The number of anilines is 1. The lowest BCUT2D eigenvalue weighted by Crippen LogP contribution is -2.00. The number of pyridine rings is 1. The van der Waals surface area contributed by atoms with Crippen LogP contribution in [-0.4, -0.2) is 33.4 Å². The maximum atomic E-state index is 9.66. The summed E-state index contributed by atoms with van der Waals surface area (Å²) in [6, 6.07) is 14.8. The molecule has 0 saturated heterocycles. The second kappa shape index (κ2) is 8.40. The number of ether oxygens (including phenoxy) is 4. The first-order valence-electron chi connectivity index (χ1n) is 8.71. The Kier molecular flexibility index (Phi) is 5.74. The molecule has 0 aliphatic heterocycles. The van der Waals surface area contributed by atoms with Gasteiger partial charge in [0.15, 0.2) is 11.5 Å². The molecule has 0 aliphatic rings. The van der Waals surface area contributed by atoms with Gasteiger partial charge >= 0.3 is 0 Å². The summed E-state index contributed by atoms with van der Waals surface area (Å²) in [5, 5.41) is 9.66. The molecule has 29 heavy (non-hydrogen) atoms. The average Bonchev–Trinajstić information content (AvgIpc) is 2.77. The fraction of sp³-hybridized carbons (Fsp3) is 0.182. The summed E-state index contributed by atoms with van der Waals surface area (Å²) in [5.74, 6) is 2.52. The number of methoxy groups -OCH3 is 4. The van der Waals surface area contributed by atoms with Gasteiger partial charge < -0.3 is 24.7 Å². The van der Waals surface area contributed by atoms with Crippen molar-refractivity contribution in [2.45, 2.75) is 0 Å². The molecule has 0 aliphatic carbocycles.